The average molecular weight is 351 g/mol. The van der Waals surface area contributed by atoms with Crippen LogP contribution in [0.3, 0.4) is 0 Å². The molecule has 0 saturated carbocycles. The van der Waals surface area contributed by atoms with Crippen LogP contribution in [-0.2, 0) is 0 Å². The van der Waals surface area contributed by atoms with Crippen LogP contribution in [0.25, 0.3) is 0 Å². The molecule has 0 aliphatic heterocycles. The van der Waals surface area contributed by atoms with Gasteiger partial charge in [-0.25, -0.2) is 0 Å². The standard InChI is InChI=1S/C13H11BrN4O3/c1-8-4-12(15)17(13(19)5-8)16-7-9-2-3-10(14)11(6-9)18(20)21/h2-7H,15H2,1H3/b16-7-. The second kappa shape index (κ2) is 5.88. The van der Waals surface area contributed by atoms with Crippen molar-refractivity contribution in [2.75, 3.05) is 5.73 Å². The molecule has 0 amide bonds. The molecule has 0 fully saturated rings. The topological polar surface area (TPSA) is 104 Å². The highest BCUT2D eigenvalue weighted by molar-refractivity contribution is 9.10. The second-order valence-corrected chi connectivity index (χ2v) is 5.17. The van der Waals surface area contributed by atoms with Gasteiger partial charge in [-0.15, -0.1) is 0 Å². The molecule has 108 valence electrons. The number of hydrogen-bond acceptors (Lipinski definition) is 5. The normalized spacial score (nSPS) is 11.0. The van der Waals surface area contributed by atoms with Crippen LogP contribution in [0.15, 0.2) is 44.7 Å². The maximum absolute atomic E-state index is 11.8. The molecule has 0 aliphatic carbocycles. The smallest absolute Gasteiger partial charge is 0.284 e. The molecule has 2 aromatic rings. The highest BCUT2D eigenvalue weighted by Gasteiger charge is 2.11. The number of aryl methyl sites for hydroxylation is 1. The molecule has 1 aromatic heterocycles. The van der Waals surface area contributed by atoms with Gasteiger partial charge in [0.25, 0.3) is 11.2 Å². The Morgan fingerprint density at radius 3 is 2.71 bits per heavy atom. The van der Waals surface area contributed by atoms with Gasteiger partial charge in [0.15, 0.2) is 0 Å². The number of pyridine rings is 1. The minimum Gasteiger partial charge on any atom is -0.384 e. The summed E-state index contributed by atoms with van der Waals surface area (Å²) in [4.78, 5) is 22.1. The van der Waals surface area contributed by atoms with Crippen LogP contribution in [0.5, 0.6) is 0 Å². The molecule has 0 bridgehead atoms. The van der Waals surface area contributed by atoms with Gasteiger partial charge < -0.3 is 5.73 Å². The van der Waals surface area contributed by atoms with Gasteiger partial charge in [-0.1, -0.05) is 6.07 Å². The van der Waals surface area contributed by atoms with Crippen molar-refractivity contribution in [1.82, 2.24) is 4.68 Å². The zero-order valence-corrected chi connectivity index (χ0v) is 12.6. The zero-order valence-electron chi connectivity index (χ0n) is 11.0. The van der Waals surface area contributed by atoms with E-state index in [-0.39, 0.29) is 17.1 Å². The number of benzene rings is 1. The maximum Gasteiger partial charge on any atom is 0.284 e. The maximum atomic E-state index is 11.8. The lowest BCUT2D eigenvalue weighted by atomic mass is 10.2. The number of nitro groups is 1. The van der Waals surface area contributed by atoms with Crippen LogP contribution in [0.2, 0.25) is 0 Å². The summed E-state index contributed by atoms with van der Waals surface area (Å²) >= 11 is 3.10. The number of rotatable bonds is 3. The minimum absolute atomic E-state index is 0.0804. The quantitative estimate of drug-likeness (QED) is 0.520. The lowest BCUT2D eigenvalue weighted by Gasteiger charge is -2.03. The number of anilines is 1. The van der Waals surface area contributed by atoms with Crippen LogP contribution in [0, 0.1) is 17.0 Å². The van der Waals surface area contributed by atoms with E-state index >= 15 is 0 Å². The monoisotopic (exact) mass is 350 g/mol. The van der Waals surface area contributed by atoms with Crippen LogP contribution in [0.1, 0.15) is 11.1 Å². The summed E-state index contributed by atoms with van der Waals surface area (Å²) in [5, 5.41) is 14.8. The summed E-state index contributed by atoms with van der Waals surface area (Å²) in [6, 6.07) is 7.54. The average Bonchev–Trinajstić information content (AvgIpc) is 2.38. The number of nitrogens with zero attached hydrogens (tertiary/aromatic N) is 3. The van der Waals surface area contributed by atoms with E-state index in [0.29, 0.717) is 10.0 Å². The Balaban J connectivity index is 2.41. The molecule has 2 rings (SSSR count). The first kappa shape index (κ1) is 14.9. The highest BCUT2D eigenvalue weighted by atomic mass is 79.9. The Morgan fingerprint density at radius 2 is 2.10 bits per heavy atom. The van der Waals surface area contributed by atoms with Crippen molar-refractivity contribution in [1.29, 1.82) is 0 Å². The van der Waals surface area contributed by atoms with Crippen molar-refractivity contribution in [3.05, 3.63) is 66.4 Å². The molecular formula is C13H11BrN4O3. The molecule has 0 aliphatic rings. The first-order valence-corrected chi connectivity index (χ1v) is 6.65. The number of hydrogen-bond donors (Lipinski definition) is 1. The van der Waals surface area contributed by atoms with Crippen molar-refractivity contribution in [3.63, 3.8) is 0 Å². The van der Waals surface area contributed by atoms with E-state index in [1.54, 1.807) is 25.1 Å². The van der Waals surface area contributed by atoms with Gasteiger partial charge in [-0.3, -0.25) is 14.9 Å². The molecule has 0 spiro atoms. The molecule has 2 N–H and O–H groups in total. The number of aromatic nitrogens is 1. The van der Waals surface area contributed by atoms with Crippen LogP contribution in [0.4, 0.5) is 11.5 Å². The van der Waals surface area contributed by atoms with E-state index in [4.69, 9.17) is 5.73 Å². The summed E-state index contributed by atoms with van der Waals surface area (Å²) in [6.07, 6.45) is 1.34. The van der Waals surface area contributed by atoms with Gasteiger partial charge in [-0.2, -0.15) is 9.78 Å². The van der Waals surface area contributed by atoms with Gasteiger partial charge in [0.1, 0.15) is 5.82 Å². The first-order valence-electron chi connectivity index (χ1n) is 5.86. The van der Waals surface area contributed by atoms with Crippen LogP contribution in [-0.4, -0.2) is 15.8 Å². The Morgan fingerprint density at radius 1 is 1.38 bits per heavy atom. The van der Waals surface area contributed by atoms with Crippen molar-refractivity contribution in [2.45, 2.75) is 6.92 Å². The number of halogens is 1. The SMILES string of the molecule is Cc1cc(N)n(/N=C\c2ccc(Br)c([N+](=O)[O-])c2)c(=O)c1. The Bertz CT molecular complexity index is 798. The van der Waals surface area contributed by atoms with E-state index in [2.05, 4.69) is 21.0 Å². The minimum atomic E-state index is -0.506. The lowest BCUT2D eigenvalue weighted by Crippen LogP contribution is -2.19. The van der Waals surface area contributed by atoms with Crippen LogP contribution >= 0.6 is 15.9 Å². The second-order valence-electron chi connectivity index (χ2n) is 4.32. The third-order valence-electron chi connectivity index (χ3n) is 2.67. The fraction of sp³-hybridized carbons (Fsp3) is 0.0769. The molecule has 7 nitrogen and oxygen atoms in total. The Kier molecular flexibility index (Phi) is 4.18. The molecular weight excluding hydrogens is 340 g/mol. The zero-order chi connectivity index (χ0) is 15.6. The number of nitrogen functional groups attached to an aromatic ring is 1. The largest absolute Gasteiger partial charge is 0.384 e. The first-order chi connectivity index (χ1) is 9.88. The van der Waals surface area contributed by atoms with Gasteiger partial charge >= 0.3 is 0 Å². The molecule has 1 aromatic carbocycles. The lowest BCUT2D eigenvalue weighted by molar-refractivity contribution is -0.385. The van der Waals surface area contributed by atoms with Crippen molar-refractivity contribution in [3.8, 4) is 0 Å². The molecule has 0 unspecified atom stereocenters. The number of nitro benzene ring substituents is 1. The van der Waals surface area contributed by atoms with E-state index in [1.165, 1.54) is 18.3 Å². The Hall–Kier alpha value is -2.48. The molecule has 0 saturated heterocycles. The summed E-state index contributed by atoms with van der Waals surface area (Å²) in [5.41, 5.74) is 6.50. The van der Waals surface area contributed by atoms with E-state index in [9.17, 15) is 14.9 Å². The predicted octanol–water partition coefficient (Wildman–Crippen LogP) is 2.29. The van der Waals surface area contributed by atoms with Gasteiger partial charge in [0, 0.05) is 17.7 Å². The summed E-state index contributed by atoms with van der Waals surface area (Å²) in [7, 11) is 0. The molecule has 1 heterocycles. The van der Waals surface area contributed by atoms with Gasteiger partial charge in [-0.05, 0) is 40.5 Å². The Labute approximate surface area is 128 Å². The fourth-order valence-corrected chi connectivity index (χ4v) is 2.11. The fourth-order valence-electron chi connectivity index (χ4n) is 1.72. The van der Waals surface area contributed by atoms with Gasteiger partial charge in [0.05, 0.1) is 15.6 Å². The summed E-state index contributed by atoms with van der Waals surface area (Å²) in [5.74, 6) is 0.197. The molecule has 0 atom stereocenters. The molecule has 0 radical (unpaired) electrons. The molecule has 21 heavy (non-hydrogen) atoms. The van der Waals surface area contributed by atoms with Gasteiger partial charge in [0.2, 0.25) is 0 Å². The van der Waals surface area contributed by atoms with E-state index in [0.717, 1.165) is 10.2 Å². The van der Waals surface area contributed by atoms with Crippen molar-refractivity contribution in [2.24, 2.45) is 5.10 Å². The van der Waals surface area contributed by atoms with Crippen LogP contribution < -0.4 is 11.3 Å². The number of nitrogens with two attached hydrogens (primary N) is 1. The molecule has 8 heteroatoms. The predicted molar refractivity (Wildman–Crippen MR) is 83.6 cm³/mol. The van der Waals surface area contributed by atoms with E-state index in [1.807, 2.05) is 0 Å². The van der Waals surface area contributed by atoms with Crippen molar-refractivity contribution >= 4 is 33.6 Å². The van der Waals surface area contributed by atoms with Crippen molar-refractivity contribution < 1.29 is 4.92 Å². The summed E-state index contributed by atoms with van der Waals surface area (Å²) < 4.78 is 1.40. The third-order valence-corrected chi connectivity index (χ3v) is 3.34. The summed E-state index contributed by atoms with van der Waals surface area (Å²) in [6.45, 7) is 1.75. The van der Waals surface area contributed by atoms with E-state index < -0.39 is 4.92 Å². The highest BCUT2D eigenvalue weighted by Crippen LogP contribution is 2.24. The third kappa shape index (κ3) is 3.34.